The molecule has 3 spiro atoms. The average Bonchev–Trinajstić information content (AvgIpc) is 3.31. The van der Waals surface area contributed by atoms with Crippen molar-refractivity contribution in [2.24, 2.45) is 29.1 Å². The van der Waals surface area contributed by atoms with Crippen molar-refractivity contribution in [3.05, 3.63) is 29.8 Å². The lowest BCUT2D eigenvalue weighted by molar-refractivity contribution is -0.375. The molecule has 6 aliphatic rings. The van der Waals surface area contributed by atoms with Gasteiger partial charge in [0.15, 0.2) is 0 Å². The first kappa shape index (κ1) is 18.2. The van der Waals surface area contributed by atoms with E-state index in [0.717, 1.165) is 49.9 Å². The summed E-state index contributed by atoms with van der Waals surface area (Å²) in [6, 6.07) is 7.91. The van der Waals surface area contributed by atoms with E-state index in [2.05, 4.69) is 6.07 Å². The second kappa shape index (κ2) is 5.87. The van der Waals surface area contributed by atoms with Crippen molar-refractivity contribution in [2.75, 3.05) is 0 Å². The Morgan fingerprint density at radius 3 is 2.80 bits per heavy atom. The van der Waals surface area contributed by atoms with Crippen LogP contribution < -0.4 is 4.74 Å². The lowest BCUT2D eigenvalue weighted by Crippen LogP contribution is -2.64. The minimum atomic E-state index is -0.625. The quantitative estimate of drug-likeness (QED) is 0.386. The van der Waals surface area contributed by atoms with Gasteiger partial charge in [-0.1, -0.05) is 12.1 Å². The molecule has 5 saturated carbocycles. The molecule has 0 bridgehead atoms. The summed E-state index contributed by atoms with van der Waals surface area (Å²) in [7, 11) is 0. The van der Waals surface area contributed by atoms with Gasteiger partial charge in [0.1, 0.15) is 5.75 Å². The maximum absolute atomic E-state index is 11.3. The smallest absolute Gasteiger partial charge is 0.308 e. The van der Waals surface area contributed by atoms with Crippen LogP contribution in [0.2, 0.25) is 0 Å². The number of benzene rings is 1. The maximum atomic E-state index is 11.3. The van der Waals surface area contributed by atoms with Crippen molar-refractivity contribution in [2.45, 2.75) is 82.2 Å². The van der Waals surface area contributed by atoms with Crippen molar-refractivity contribution in [1.82, 2.24) is 0 Å². The zero-order valence-corrected chi connectivity index (χ0v) is 17.6. The predicted molar refractivity (Wildman–Crippen MR) is 107 cm³/mol. The zero-order valence-electron chi connectivity index (χ0n) is 17.6. The molecule has 7 rings (SSSR count). The van der Waals surface area contributed by atoms with Crippen molar-refractivity contribution >= 4 is 5.97 Å². The Kier molecular flexibility index (Phi) is 3.56. The average molecular weight is 411 g/mol. The SMILES string of the molecule is CC(=O)Oc1cccc(C2CCC[C@]3(C2)OO[C@]2(CC4CCC5CC6CC2C564)O3)c1. The summed E-state index contributed by atoms with van der Waals surface area (Å²) in [5.41, 5.74) is 1.71. The van der Waals surface area contributed by atoms with Crippen LogP contribution in [0.1, 0.15) is 76.2 Å². The van der Waals surface area contributed by atoms with Crippen molar-refractivity contribution < 1.29 is 24.0 Å². The van der Waals surface area contributed by atoms with Crippen LogP contribution in [0, 0.1) is 29.1 Å². The van der Waals surface area contributed by atoms with Gasteiger partial charge >= 0.3 is 5.97 Å². The van der Waals surface area contributed by atoms with Crippen LogP contribution >= 0.6 is 0 Å². The standard InChI is InChI=1S/C25H30O5/c1-15(26)27-21-6-2-4-16(10-21)17-5-3-9-23(13-17)28-24(30-29-23)14-19-8-7-18-11-20-12-22(24)25(18,19)20/h2,4,6,10,17-20,22H,3,5,7-9,11-14H2,1H3/t17?,18?,19?,20?,22?,23-,24+,25?/m1/s1. The van der Waals surface area contributed by atoms with Gasteiger partial charge in [-0.3, -0.25) is 4.79 Å². The van der Waals surface area contributed by atoms with Crippen LogP contribution in [-0.4, -0.2) is 17.5 Å². The zero-order chi connectivity index (χ0) is 20.1. The Balaban J connectivity index is 1.13. The van der Waals surface area contributed by atoms with Gasteiger partial charge in [0.2, 0.25) is 11.6 Å². The summed E-state index contributed by atoms with van der Waals surface area (Å²) in [6.45, 7) is 1.44. The number of hydrogen-bond acceptors (Lipinski definition) is 5. The Hall–Kier alpha value is -1.43. The Bertz CT molecular complexity index is 913. The maximum Gasteiger partial charge on any atom is 0.308 e. The van der Waals surface area contributed by atoms with Crippen molar-refractivity contribution in [3.8, 4) is 5.75 Å². The number of hydrogen-bond donors (Lipinski definition) is 0. The third kappa shape index (κ3) is 2.17. The highest BCUT2D eigenvalue weighted by atomic mass is 17.3. The number of ether oxygens (including phenoxy) is 2. The molecule has 6 fully saturated rings. The molecule has 1 saturated heterocycles. The van der Waals surface area contributed by atoms with Gasteiger partial charge in [0.25, 0.3) is 0 Å². The molecule has 1 aromatic carbocycles. The van der Waals surface area contributed by atoms with E-state index in [9.17, 15) is 4.79 Å². The lowest BCUT2D eigenvalue weighted by Gasteiger charge is -2.67. The second-order valence-electron chi connectivity index (χ2n) is 10.8. The molecule has 0 N–H and O–H groups in total. The third-order valence-corrected chi connectivity index (χ3v) is 9.69. The van der Waals surface area contributed by atoms with Gasteiger partial charge in [0.05, 0.1) is 0 Å². The molecule has 5 aliphatic carbocycles. The number of carbonyl (C=O) groups excluding carboxylic acids is 1. The van der Waals surface area contributed by atoms with Crippen LogP contribution in [-0.2, 0) is 19.3 Å². The second-order valence-corrected chi connectivity index (χ2v) is 10.8. The van der Waals surface area contributed by atoms with E-state index in [1.54, 1.807) is 0 Å². The molecule has 8 atom stereocenters. The highest BCUT2D eigenvalue weighted by Crippen LogP contribution is 2.84. The van der Waals surface area contributed by atoms with E-state index >= 15 is 0 Å². The molecule has 160 valence electrons. The summed E-state index contributed by atoms with van der Waals surface area (Å²) in [4.78, 5) is 23.7. The fourth-order valence-electron chi connectivity index (χ4n) is 8.77. The van der Waals surface area contributed by atoms with Gasteiger partial charge < -0.3 is 9.47 Å². The van der Waals surface area contributed by atoms with Crippen LogP contribution in [0.15, 0.2) is 24.3 Å². The Morgan fingerprint density at radius 2 is 1.97 bits per heavy atom. The molecule has 6 unspecified atom stereocenters. The largest absolute Gasteiger partial charge is 0.427 e. The Morgan fingerprint density at radius 1 is 1.07 bits per heavy atom. The van der Waals surface area contributed by atoms with Crippen molar-refractivity contribution in [1.29, 1.82) is 0 Å². The number of rotatable bonds is 2. The molecule has 1 heterocycles. The molecular formula is C25H30O5. The summed E-state index contributed by atoms with van der Waals surface area (Å²) >= 11 is 0. The van der Waals surface area contributed by atoms with E-state index in [1.807, 2.05) is 18.2 Å². The predicted octanol–water partition coefficient (Wildman–Crippen LogP) is 5.10. The summed E-state index contributed by atoms with van der Waals surface area (Å²) in [5, 5.41) is 0. The monoisotopic (exact) mass is 410 g/mol. The fourth-order valence-corrected chi connectivity index (χ4v) is 8.77. The minimum absolute atomic E-state index is 0.288. The van der Waals surface area contributed by atoms with Crippen molar-refractivity contribution in [3.63, 3.8) is 0 Å². The summed E-state index contributed by atoms with van der Waals surface area (Å²) in [6.07, 6.45) is 10.3. The lowest BCUT2D eigenvalue weighted by atomic mass is 9.38. The molecule has 0 radical (unpaired) electrons. The number of fused-ring (bicyclic) bond motifs is 1. The van der Waals surface area contributed by atoms with E-state index in [4.69, 9.17) is 19.2 Å². The number of esters is 1. The topological polar surface area (TPSA) is 54.0 Å². The molecule has 0 amide bonds. The van der Waals surface area contributed by atoms with E-state index in [0.29, 0.717) is 23.0 Å². The number of carbonyl (C=O) groups is 1. The molecule has 0 aromatic heterocycles. The van der Waals surface area contributed by atoms with E-state index in [-0.39, 0.29) is 5.97 Å². The first-order valence-electron chi connectivity index (χ1n) is 11.9. The molecule has 5 nitrogen and oxygen atoms in total. The van der Waals surface area contributed by atoms with Crippen LogP contribution in [0.4, 0.5) is 0 Å². The van der Waals surface area contributed by atoms with Gasteiger partial charge in [0, 0.05) is 32.1 Å². The summed E-state index contributed by atoms with van der Waals surface area (Å²) in [5.74, 6) is 2.67. The van der Waals surface area contributed by atoms with Gasteiger partial charge in [-0.25, -0.2) is 0 Å². The van der Waals surface area contributed by atoms with Gasteiger partial charge in [-0.15, -0.1) is 0 Å². The highest BCUT2D eigenvalue weighted by molar-refractivity contribution is 5.69. The first-order chi connectivity index (χ1) is 14.5. The first-order valence-corrected chi connectivity index (χ1v) is 11.9. The van der Waals surface area contributed by atoms with Crippen LogP contribution in [0.25, 0.3) is 0 Å². The van der Waals surface area contributed by atoms with Gasteiger partial charge in [-0.2, -0.15) is 9.78 Å². The minimum Gasteiger partial charge on any atom is -0.427 e. The molecule has 5 heteroatoms. The summed E-state index contributed by atoms with van der Waals surface area (Å²) < 4.78 is 12.2. The van der Waals surface area contributed by atoms with Crippen LogP contribution in [0.5, 0.6) is 5.75 Å². The normalized spacial score (nSPS) is 50.1. The molecule has 1 aliphatic heterocycles. The van der Waals surface area contributed by atoms with Gasteiger partial charge in [-0.05, 0) is 85.3 Å². The van der Waals surface area contributed by atoms with E-state index < -0.39 is 11.6 Å². The molecular weight excluding hydrogens is 380 g/mol. The molecule has 1 aromatic rings. The van der Waals surface area contributed by atoms with E-state index in [1.165, 1.54) is 38.2 Å². The third-order valence-electron chi connectivity index (χ3n) is 9.69. The van der Waals surface area contributed by atoms with Crippen LogP contribution in [0.3, 0.4) is 0 Å². The Labute approximate surface area is 177 Å². The highest BCUT2D eigenvalue weighted by Gasteiger charge is 2.82. The fraction of sp³-hybridized carbons (Fsp3) is 0.720. The molecule has 30 heavy (non-hydrogen) atoms.